The van der Waals surface area contributed by atoms with Gasteiger partial charge in [0, 0.05) is 0 Å². The van der Waals surface area contributed by atoms with Crippen molar-refractivity contribution in [3.63, 3.8) is 0 Å². The molecule has 0 aromatic rings. The van der Waals surface area contributed by atoms with Crippen LogP contribution in [-0.4, -0.2) is 77.3 Å². The van der Waals surface area contributed by atoms with E-state index in [1.54, 1.807) is 13.8 Å². The second-order valence-electron chi connectivity index (χ2n) is 8.53. The van der Waals surface area contributed by atoms with Crippen LogP contribution in [0, 0.1) is 5.92 Å². The van der Waals surface area contributed by atoms with Crippen LogP contribution < -0.4 is 33.2 Å². The number of aliphatic hydroxyl groups excluding tert-OH is 1. The number of amides is 3. The van der Waals surface area contributed by atoms with Crippen LogP contribution in [-0.2, 0) is 19.2 Å². The molecule has 0 aliphatic heterocycles. The van der Waals surface area contributed by atoms with Crippen LogP contribution >= 0.6 is 0 Å². The Kier molecular flexibility index (Phi) is 15.2. The zero-order chi connectivity index (χ0) is 25.6. The molecule has 5 unspecified atom stereocenters. The smallest absolute Gasteiger partial charge is 0.326 e. The van der Waals surface area contributed by atoms with Gasteiger partial charge < -0.3 is 43.4 Å². The molecule has 33 heavy (non-hydrogen) atoms. The summed E-state index contributed by atoms with van der Waals surface area (Å²) in [5.74, 6) is -3.61. The highest BCUT2D eigenvalue weighted by Crippen LogP contribution is 2.07. The van der Waals surface area contributed by atoms with Crippen LogP contribution in [0.3, 0.4) is 0 Å². The third-order valence-electron chi connectivity index (χ3n) is 5.18. The molecule has 5 atom stereocenters. The van der Waals surface area contributed by atoms with E-state index in [1.807, 2.05) is 0 Å². The Hall–Kier alpha value is -2.28. The fourth-order valence-corrected chi connectivity index (χ4v) is 3.09. The third-order valence-corrected chi connectivity index (χ3v) is 5.18. The summed E-state index contributed by atoms with van der Waals surface area (Å²) in [6.45, 7) is 5.60. The fraction of sp³-hybridized carbons (Fsp3) is 0.810. The predicted octanol–water partition coefficient (Wildman–Crippen LogP) is -1.85. The molecular formula is C21H42N6O6. The van der Waals surface area contributed by atoms with Crippen LogP contribution in [0.25, 0.3) is 0 Å². The number of hydrogen-bond donors (Lipinski definition) is 8. The predicted molar refractivity (Wildman–Crippen MR) is 124 cm³/mol. The molecule has 0 aromatic carbocycles. The number of hydrogen-bond acceptors (Lipinski definition) is 8. The molecule has 0 saturated carbocycles. The van der Waals surface area contributed by atoms with Crippen LogP contribution in [0.2, 0.25) is 0 Å². The second kappa shape index (κ2) is 16.4. The Bertz CT molecular complexity index is 630. The number of rotatable bonds is 17. The Morgan fingerprint density at radius 3 is 1.70 bits per heavy atom. The number of carboxylic acid groups (broad SMARTS) is 1. The lowest BCUT2D eigenvalue weighted by molar-refractivity contribution is -0.143. The van der Waals surface area contributed by atoms with Gasteiger partial charge in [0.2, 0.25) is 17.7 Å². The van der Waals surface area contributed by atoms with E-state index in [0.29, 0.717) is 38.8 Å². The lowest BCUT2D eigenvalue weighted by atomic mass is 10.0. The van der Waals surface area contributed by atoms with E-state index < -0.39 is 54.0 Å². The van der Waals surface area contributed by atoms with E-state index in [4.69, 9.17) is 17.2 Å². The minimum Gasteiger partial charge on any atom is -0.480 e. The first-order chi connectivity index (χ1) is 15.5. The maximum atomic E-state index is 12.8. The van der Waals surface area contributed by atoms with E-state index in [1.165, 1.54) is 6.92 Å². The number of unbranched alkanes of at least 4 members (excludes halogenated alkanes) is 2. The van der Waals surface area contributed by atoms with Crippen molar-refractivity contribution in [3.8, 4) is 0 Å². The van der Waals surface area contributed by atoms with E-state index in [0.717, 1.165) is 6.42 Å². The van der Waals surface area contributed by atoms with Gasteiger partial charge in [0.15, 0.2) is 0 Å². The zero-order valence-corrected chi connectivity index (χ0v) is 19.9. The Morgan fingerprint density at radius 1 is 0.758 bits per heavy atom. The third kappa shape index (κ3) is 11.9. The minimum atomic E-state index is -1.41. The van der Waals surface area contributed by atoms with Crippen molar-refractivity contribution in [2.24, 2.45) is 23.1 Å². The summed E-state index contributed by atoms with van der Waals surface area (Å²) in [5, 5.41) is 26.8. The molecule has 11 N–H and O–H groups in total. The van der Waals surface area contributed by atoms with Crippen molar-refractivity contribution >= 4 is 23.7 Å². The molecule has 0 aliphatic rings. The van der Waals surface area contributed by atoms with Gasteiger partial charge in [0.1, 0.15) is 18.1 Å². The van der Waals surface area contributed by atoms with Gasteiger partial charge in [-0.25, -0.2) is 4.79 Å². The average Bonchev–Trinajstić information content (AvgIpc) is 2.74. The summed E-state index contributed by atoms with van der Waals surface area (Å²) in [6.07, 6.45) is 1.75. The minimum absolute atomic E-state index is 0.158. The van der Waals surface area contributed by atoms with Crippen LogP contribution in [0.5, 0.6) is 0 Å². The molecule has 3 amide bonds. The number of carbonyl (C=O) groups excluding carboxylic acids is 3. The number of nitrogens with one attached hydrogen (secondary N) is 3. The Labute approximate surface area is 195 Å². The molecule has 0 spiro atoms. The quantitative estimate of drug-likeness (QED) is 0.111. The molecule has 12 heteroatoms. The topological polar surface area (TPSA) is 223 Å². The monoisotopic (exact) mass is 474 g/mol. The summed E-state index contributed by atoms with van der Waals surface area (Å²) in [4.78, 5) is 49.4. The van der Waals surface area contributed by atoms with Gasteiger partial charge in [-0.3, -0.25) is 14.4 Å². The summed E-state index contributed by atoms with van der Waals surface area (Å²) >= 11 is 0. The van der Waals surface area contributed by atoms with E-state index in [2.05, 4.69) is 16.0 Å². The van der Waals surface area contributed by atoms with Crippen LogP contribution in [0.1, 0.15) is 59.3 Å². The van der Waals surface area contributed by atoms with Crippen molar-refractivity contribution in [3.05, 3.63) is 0 Å². The van der Waals surface area contributed by atoms with Gasteiger partial charge in [0.05, 0.1) is 12.1 Å². The summed E-state index contributed by atoms with van der Waals surface area (Å²) in [6, 6.07) is -4.42. The molecule has 0 bridgehead atoms. The molecule has 12 nitrogen and oxygen atoms in total. The molecule has 0 rings (SSSR count). The SMILES string of the molecule is CC(C)C(NC(=O)C(N)CCCCN)C(=O)NC(C(=O)NC(CCCCN)C(=O)O)C(C)O. The first-order valence-electron chi connectivity index (χ1n) is 11.4. The zero-order valence-electron chi connectivity index (χ0n) is 19.9. The van der Waals surface area contributed by atoms with Gasteiger partial charge in [-0.1, -0.05) is 20.3 Å². The average molecular weight is 475 g/mol. The molecule has 0 aromatic heterocycles. The van der Waals surface area contributed by atoms with Crippen molar-refractivity contribution < 1.29 is 29.4 Å². The largest absolute Gasteiger partial charge is 0.480 e. The number of nitrogens with two attached hydrogens (primary N) is 3. The second-order valence-corrected chi connectivity index (χ2v) is 8.53. The van der Waals surface area contributed by atoms with Crippen molar-refractivity contribution in [1.29, 1.82) is 0 Å². The van der Waals surface area contributed by atoms with Crippen molar-refractivity contribution in [2.45, 2.75) is 89.6 Å². The van der Waals surface area contributed by atoms with Gasteiger partial charge >= 0.3 is 5.97 Å². The highest BCUT2D eigenvalue weighted by Gasteiger charge is 2.33. The summed E-state index contributed by atoms with van der Waals surface area (Å²) in [7, 11) is 0. The lowest BCUT2D eigenvalue weighted by Crippen LogP contribution is -2.60. The van der Waals surface area contributed by atoms with E-state index in [-0.39, 0.29) is 12.3 Å². The number of carbonyl (C=O) groups is 4. The van der Waals surface area contributed by atoms with E-state index in [9.17, 15) is 29.4 Å². The number of aliphatic hydroxyl groups is 1. The summed E-state index contributed by atoms with van der Waals surface area (Å²) in [5.41, 5.74) is 16.7. The Balaban J connectivity index is 5.21. The van der Waals surface area contributed by atoms with Crippen molar-refractivity contribution in [1.82, 2.24) is 16.0 Å². The Morgan fingerprint density at radius 2 is 1.24 bits per heavy atom. The first-order valence-corrected chi connectivity index (χ1v) is 11.4. The lowest BCUT2D eigenvalue weighted by Gasteiger charge is -2.28. The highest BCUT2D eigenvalue weighted by atomic mass is 16.4. The van der Waals surface area contributed by atoms with Gasteiger partial charge in [0.25, 0.3) is 0 Å². The standard InChI is InChI=1S/C21H42N6O6/c1-12(2)16(26-18(29)14(24)8-4-6-10-22)19(30)27-17(13(3)28)20(31)25-15(21(32)33)9-5-7-11-23/h12-17,28H,4-11,22-24H2,1-3H3,(H,25,31)(H,26,29)(H,27,30)(H,32,33). The molecule has 0 fully saturated rings. The molecular weight excluding hydrogens is 432 g/mol. The molecule has 0 saturated heterocycles. The first kappa shape index (κ1) is 30.7. The number of carboxylic acids is 1. The summed E-state index contributed by atoms with van der Waals surface area (Å²) < 4.78 is 0. The van der Waals surface area contributed by atoms with Crippen molar-refractivity contribution in [2.75, 3.05) is 13.1 Å². The molecule has 0 heterocycles. The van der Waals surface area contributed by atoms with Gasteiger partial charge in [-0.05, 0) is 58.0 Å². The molecule has 0 radical (unpaired) electrons. The fourth-order valence-electron chi connectivity index (χ4n) is 3.09. The maximum absolute atomic E-state index is 12.8. The van der Waals surface area contributed by atoms with Crippen LogP contribution in [0.4, 0.5) is 0 Å². The normalized spacial score (nSPS) is 15.8. The number of aliphatic carboxylic acids is 1. The molecule has 0 aliphatic carbocycles. The van der Waals surface area contributed by atoms with Gasteiger partial charge in [-0.15, -0.1) is 0 Å². The highest BCUT2D eigenvalue weighted by molar-refractivity contribution is 5.94. The van der Waals surface area contributed by atoms with E-state index >= 15 is 0 Å². The molecule has 192 valence electrons. The maximum Gasteiger partial charge on any atom is 0.326 e. The van der Waals surface area contributed by atoms with Crippen LogP contribution in [0.15, 0.2) is 0 Å². The van der Waals surface area contributed by atoms with Gasteiger partial charge in [-0.2, -0.15) is 0 Å².